The van der Waals surface area contributed by atoms with Gasteiger partial charge in [-0.3, -0.25) is 0 Å². The number of rotatable bonds is 9. The molecule has 0 unspecified atom stereocenters. The number of hydrogen-bond acceptors (Lipinski definition) is 5. The summed E-state index contributed by atoms with van der Waals surface area (Å²) in [7, 11) is 3.79. The highest BCUT2D eigenvalue weighted by molar-refractivity contribution is 5.72. The fourth-order valence-electron chi connectivity index (χ4n) is 1.80. The van der Waals surface area contributed by atoms with E-state index in [1.54, 1.807) is 7.11 Å². The number of nitrogens with one attached hydrogen (secondary N) is 1. The Morgan fingerprint density at radius 3 is 2.70 bits per heavy atom. The van der Waals surface area contributed by atoms with Crippen LogP contribution >= 0.6 is 0 Å². The summed E-state index contributed by atoms with van der Waals surface area (Å²) in [6.45, 7) is 7.41. The van der Waals surface area contributed by atoms with Crippen molar-refractivity contribution in [3.63, 3.8) is 0 Å². The van der Waals surface area contributed by atoms with Gasteiger partial charge in [-0.25, -0.2) is 0 Å². The first-order valence-corrected chi connectivity index (χ1v) is 7.01. The zero-order valence-electron chi connectivity index (χ0n) is 13.0. The van der Waals surface area contributed by atoms with Crippen molar-refractivity contribution in [2.24, 2.45) is 0 Å². The average molecular weight is 281 g/mol. The molecule has 0 radical (unpaired) electrons. The zero-order valence-corrected chi connectivity index (χ0v) is 13.0. The fourth-order valence-corrected chi connectivity index (χ4v) is 1.80. The average Bonchev–Trinajstić information content (AvgIpc) is 2.40. The van der Waals surface area contributed by atoms with Crippen molar-refractivity contribution in [2.75, 3.05) is 51.4 Å². The Morgan fingerprint density at radius 2 is 2.05 bits per heavy atom. The van der Waals surface area contributed by atoms with Crippen LogP contribution in [-0.4, -0.2) is 51.4 Å². The summed E-state index contributed by atoms with van der Waals surface area (Å²) in [5, 5.41) is 3.35. The SMILES string of the molecule is COCCN(C)CCNc1cccc(OC(C)C)c1N. The smallest absolute Gasteiger partial charge is 0.144 e. The van der Waals surface area contributed by atoms with Gasteiger partial charge in [0.15, 0.2) is 0 Å². The van der Waals surface area contributed by atoms with Crippen LogP contribution in [0.3, 0.4) is 0 Å². The first-order chi connectivity index (χ1) is 9.54. The molecule has 0 aliphatic rings. The lowest BCUT2D eigenvalue weighted by Crippen LogP contribution is -2.28. The third kappa shape index (κ3) is 5.67. The quantitative estimate of drug-likeness (QED) is 0.678. The van der Waals surface area contributed by atoms with Crippen LogP contribution < -0.4 is 15.8 Å². The number of para-hydroxylation sites is 1. The molecule has 1 aromatic rings. The van der Waals surface area contributed by atoms with Crippen molar-refractivity contribution in [1.82, 2.24) is 4.90 Å². The summed E-state index contributed by atoms with van der Waals surface area (Å²) < 4.78 is 10.7. The van der Waals surface area contributed by atoms with Crippen LogP contribution in [0.4, 0.5) is 11.4 Å². The van der Waals surface area contributed by atoms with E-state index in [9.17, 15) is 0 Å². The Morgan fingerprint density at radius 1 is 1.30 bits per heavy atom. The van der Waals surface area contributed by atoms with E-state index in [4.69, 9.17) is 15.2 Å². The second kappa shape index (κ2) is 8.66. The number of benzene rings is 1. The van der Waals surface area contributed by atoms with Crippen molar-refractivity contribution in [3.8, 4) is 5.75 Å². The predicted molar refractivity (Wildman–Crippen MR) is 84.5 cm³/mol. The van der Waals surface area contributed by atoms with Gasteiger partial charge in [0.2, 0.25) is 0 Å². The molecule has 0 heterocycles. The highest BCUT2D eigenvalue weighted by Gasteiger charge is 2.07. The standard InChI is InChI=1S/C15H27N3O2/c1-12(2)20-14-7-5-6-13(15(14)16)17-8-9-18(3)10-11-19-4/h5-7,12,17H,8-11,16H2,1-4H3. The number of ether oxygens (including phenoxy) is 2. The van der Waals surface area contributed by atoms with Gasteiger partial charge in [-0.15, -0.1) is 0 Å². The van der Waals surface area contributed by atoms with Gasteiger partial charge in [0.25, 0.3) is 0 Å². The van der Waals surface area contributed by atoms with Gasteiger partial charge in [0.1, 0.15) is 5.75 Å². The minimum atomic E-state index is 0.118. The minimum Gasteiger partial charge on any atom is -0.489 e. The topological polar surface area (TPSA) is 59.8 Å². The Balaban J connectivity index is 2.47. The molecule has 5 nitrogen and oxygen atoms in total. The molecule has 1 aromatic carbocycles. The normalized spacial score (nSPS) is 11.1. The molecule has 0 aliphatic carbocycles. The van der Waals surface area contributed by atoms with Gasteiger partial charge in [-0.05, 0) is 33.0 Å². The second-order valence-electron chi connectivity index (χ2n) is 5.11. The third-order valence-corrected chi connectivity index (χ3v) is 2.91. The number of methoxy groups -OCH3 is 1. The van der Waals surface area contributed by atoms with E-state index >= 15 is 0 Å². The Bertz CT molecular complexity index is 397. The third-order valence-electron chi connectivity index (χ3n) is 2.91. The number of nitrogen functional groups attached to an aromatic ring is 1. The Hall–Kier alpha value is -1.46. The summed E-state index contributed by atoms with van der Waals surface area (Å²) in [5.41, 5.74) is 7.69. The summed E-state index contributed by atoms with van der Waals surface area (Å²) in [4.78, 5) is 2.21. The second-order valence-corrected chi connectivity index (χ2v) is 5.11. The van der Waals surface area contributed by atoms with Gasteiger partial charge in [0, 0.05) is 26.7 Å². The Labute approximate surface area is 122 Å². The van der Waals surface area contributed by atoms with Gasteiger partial charge in [-0.2, -0.15) is 0 Å². The molecular formula is C15H27N3O2. The number of hydrogen-bond donors (Lipinski definition) is 2. The van der Waals surface area contributed by atoms with E-state index in [1.165, 1.54) is 0 Å². The predicted octanol–water partition coefficient (Wildman–Crippen LogP) is 2.05. The monoisotopic (exact) mass is 281 g/mol. The number of likely N-dealkylation sites (N-methyl/N-ethyl adjacent to an activating group) is 1. The molecule has 5 heteroatoms. The van der Waals surface area contributed by atoms with E-state index in [0.717, 1.165) is 37.7 Å². The minimum absolute atomic E-state index is 0.118. The maximum absolute atomic E-state index is 6.11. The van der Waals surface area contributed by atoms with Crippen LogP contribution in [0, 0.1) is 0 Å². The summed E-state index contributed by atoms with van der Waals surface area (Å²) >= 11 is 0. The highest BCUT2D eigenvalue weighted by atomic mass is 16.5. The highest BCUT2D eigenvalue weighted by Crippen LogP contribution is 2.29. The lowest BCUT2D eigenvalue weighted by atomic mass is 10.2. The van der Waals surface area contributed by atoms with Crippen LogP contribution in [0.15, 0.2) is 18.2 Å². The van der Waals surface area contributed by atoms with Crippen LogP contribution in [0.5, 0.6) is 5.75 Å². The molecular weight excluding hydrogens is 254 g/mol. The molecule has 0 spiro atoms. The van der Waals surface area contributed by atoms with Crippen LogP contribution in [0.25, 0.3) is 0 Å². The van der Waals surface area contributed by atoms with Crippen molar-refractivity contribution in [3.05, 3.63) is 18.2 Å². The van der Waals surface area contributed by atoms with Crippen LogP contribution in [0.1, 0.15) is 13.8 Å². The van der Waals surface area contributed by atoms with Crippen molar-refractivity contribution >= 4 is 11.4 Å². The van der Waals surface area contributed by atoms with E-state index in [-0.39, 0.29) is 6.10 Å². The largest absolute Gasteiger partial charge is 0.489 e. The van der Waals surface area contributed by atoms with Gasteiger partial charge < -0.3 is 25.4 Å². The van der Waals surface area contributed by atoms with E-state index in [0.29, 0.717) is 5.69 Å². The number of anilines is 2. The van der Waals surface area contributed by atoms with Crippen molar-refractivity contribution in [1.29, 1.82) is 0 Å². The van der Waals surface area contributed by atoms with Crippen LogP contribution in [0.2, 0.25) is 0 Å². The molecule has 3 N–H and O–H groups in total. The molecule has 0 fully saturated rings. The van der Waals surface area contributed by atoms with Crippen molar-refractivity contribution < 1.29 is 9.47 Å². The molecule has 0 saturated carbocycles. The molecule has 0 aromatic heterocycles. The molecule has 0 saturated heterocycles. The zero-order chi connectivity index (χ0) is 15.0. The van der Waals surface area contributed by atoms with E-state index in [1.807, 2.05) is 32.0 Å². The number of nitrogens with two attached hydrogens (primary N) is 1. The maximum Gasteiger partial charge on any atom is 0.144 e. The lowest BCUT2D eigenvalue weighted by Gasteiger charge is -2.18. The molecule has 0 aliphatic heterocycles. The molecule has 0 atom stereocenters. The summed E-state index contributed by atoms with van der Waals surface area (Å²) in [5.74, 6) is 0.734. The van der Waals surface area contributed by atoms with Crippen molar-refractivity contribution in [2.45, 2.75) is 20.0 Å². The number of nitrogens with zero attached hydrogens (tertiary/aromatic N) is 1. The molecule has 1 rings (SSSR count). The first kappa shape index (κ1) is 16.6. The maximum atomic E-state index is 6.11. The summed E-state index contributed by atoms with van der Waals surface area (Å²) in [6, 6.07) is 5.81. The molecule has 20 heavy (non-hydrogen) atoms. The summed E-state index contributed by atoms with van der Waals surface area (Å²) in [6.07, 6.45) is 0.118. The Kier molecular flexibility index (Phi) is 7.18. The fraction of sp³-hybridized carbons (Fsp3) is 0.600. The van der Waals surface area contributed by atoms with Gasteiger partial charge in [0.05, 0.1) is 24.1 Å². The van der Waals surface area contributed by atoms with E-state index < -0.39 is 0 Å². The molecule has 0 amide bonds. The van der Waals surface area contributed by atoms with E-state index in [2.05, 4.69) is 17.3 Å². The van der Waals surface area contributed by atoms with Gasteiger partial charge >= 0.3 is 0 Å². The molecule has 114 valence electrons. The lowest BCUT2D eigenvalue weighted by molar-refractivity contribution is 0.163. The first-order valence-electron chi connectivity index (χ1n) is 7.01. The van der Waals surface area contributed by atoms with Crippen LogP contribution in [-0.2, 0) is 4.74 Å². The van der Waals surface area contributed by atoms with Gasteiger partial charge in [-0.1, -0.05) is 6.07 Å². The molecule has 0 bridgehead atoms.